The number of para-hydroxylation sites is 1. The second-order valence-corrected chi connectivity index (χ2v) is 10.0. The van der Waals surface area contributed by atoms with Gasteiger partial charge in [0.1, 0.15) is 10.6 Å². The van der Waals surface area contributed by atoms with Crippen LogP contribution in [-0.2, 0) is 15.8 Å². The first kappa shape index (κ1) is 27.0. The molecule has 0 saturated carbocycles. The monoisotopic (exact) mass is 539 g/mol. The Hall–Kier alpha value is -4.05. The number of thioether (sulfide) groups is 1. The van der Waals surface area contributed by atoms with E-state index in [1.165, 1.54) is 4.90 Å². The first-order valence-corrected chi connectivity index (χ1v) is 12.5. The summed E-state index contributed by atoms with van der Waals surface area (Å²) in [5, 5.41) is 5.72. The number of anilines is 2. The predicted molar refractivity (Wildman–Crippen MR) is 140 cm³/mol. The lowest BCUT2D eigenvalue weighted by Crippen LogP contribution is -2.35. The van der Waals surface area contributed by atoms with Crippen molar-refractivity contribution < 1.29 is 27.6 Å². The van der Waals surface area contributed by atoms with E-state index < -0.39 is 23.6 Å². The van der Waals surface area contributed by atoms with Crippen LogP contribution in [0.15, 0.2) is 94.4 Å². The molecule has 38 heavy (non-hydrogen) atoms. The van der Waals surface area contributed by atoms with E-state index in [0.29, 0.717) is 16.3 Å². The van der Waals surface area contributed by atoms with Crippen LogP contribution in [0.25, 0.3) is 0 Å². The lowest BCUT2D eigenvalue weighted by molar-refractivity contribution is -0.138. The minimum atomic E-state index is -4.48. The normalized spacial score (nSPS) is 13.9. The van der Waals surface area contributed by atoms with Crippen LogP contribution in [0.5, 0.6) is 0 Å². The van der Waals surface area contributed by atoms with Crippen molar-refractivity contribution in [2.45, 2.75) is 24.9 Å². The van der Waals surface area contributed by atoms with E-state index in [0.717, 1.165) is 36.0 Å². The number of rotatable bonds is 8. The molecule has 3 amide bonds. The minimum absolute atomic E-state index is 0.0820. The third kappa shape index (κ3) is 6.25. The Labute approximate surface area is 221 Å². The number of benzene rings is 3. The maximum atomic E-state index is 13.2. The Morgan fingerprint density at radius 3 is 2.08 bits per heavy atom. The molecule has 3 aromatic carbocycles. The molecule has 0 aromatic heterocycles. The van der Waals surface area contributed by atoms with Crippen LogP contribution in [-0.4, -0.2) is 29.2 Å². The zero-order valence-corrected chi connectivity index (χ0v) is 21.3. The van der Waals surface area contributed by atoms with E-state index >= 15 is 0 Å². The molecule has 0 saturated heterocycles. The van der Waals surface area contributed by atoms with Crippen molar-refractivity contribution in [2.75, 3.05) is 17.2 Å². The highest BCUT2D eigenvalue weighted by Crippen LogP contribution is 2.36. The third-order valence-corrected chi connectivity index (χ3v) is 6.61. The summed E-state index contributed by atoms with van der Waals surface area (Å²) >= 11 is 1.13. The number of carbonyl (C=O) groups excluding carboxylic acids is 3. The van der Waals surface area contributed by atoms with Gasteiger partial charge in [0.05, 0.1) is 5.56 Å². The van der Waals surface area contributed by atoms with Gasteiger partial charge in [-0.25, -0.2) is 0 Å². The number of imide groups is 1. The number of hydrogen-bond donors (Lipinski definition) is 2. The molecule has 0 unspecified atom stereocenters. The van der Waals surface area contributed by atoms with Crippen molar-refractivity contribution in [1.29, 1.82) is 0 Å². The van der Waals surface area contributed by atoms with E-state index in [9.17, 15) is 27.6 Å². The molecule has 1 aliphatic heterocycles. The largest absolute Gasteiger partial charge is 0.416 e. The van der Waals surface area contributed by atoms with Gasteiger partial charge in [0.15, 0.2) is 0 Å². The van der Waals surface area contributed by atoms with Gasteiger partial charge in [-0.05, 0) is 66.6 Å². The molecule has 0 spiro atoms. The van der Waals surface area contributed by atoms with E-state index in [2.05, 4.69) is 10.6 Å². The van der Waals surface area contributed by atoms with Crippen molar-refractivity contribution in [3.63, 3.8) is 0 Å². The molecular weight excluding hydrogens is 515 g/mol. The molecule has 1 heterocycles. The Kier molecular flexibility index (Phi) is 7.91. The SMILES string of the molecule is CC(C)CN1C(=O)C(Nc2ccccc2)=C(Sc2ccc(NC(=O)c3ccc(C(F)(F)F)cc3)cc2)C1=O. The molecule has 0 fully saturated rings. The lowest BCUT2D eigenvalue weighted by Gasteiger charge is -2.17. The van der Waals surface area contributed by atoms with Gasteiger partial charge in [-0.15, -0.1) is 0 Å². The van der Waals surface area contributed by atoms with Crippen molar-refractivity contribution in [3.05, 3.63) is 101 Å². The van der Waals surface area contributed by atoms with Crippen LogP contribution in [0.1, 0.15) is 29.8 Å². The number of hydrogen-bond acceptors (Lipinski definition) is 5. The van der Waals surface area contributed by atoms with Gasteiger partial charge in [-0.3, -0.25) is 19.3 Å². The molecule has 4 rings (SSSR count). The molecule has 1 aliphatic rings. The Morgan fingerprint density at radius 1 is 0.868 bits per heavy atom. The van der Waals surface area contributed by atoms with Gasteiger partial charge < -0.3 is 10.6 Å². The first-order valence-electron chi connectivity index (χ1n) is 11.7. The van der Waals surface area contributed by atoms with E-state index in [1.807, 2.05) is 32.0 Å². The summed E-state index contributed by atoms with van der Waals surface area (Å²) in [4.78, 5) is 40.9. The van der Waals surface area contributed by atoms with E-state index in [-0.39, 0.29) is 34.5 Å². The van der Waals surface area contributed by atoms with Crippen LogP contribution in [0.2, 0.25) is 0 Å². The fourth-order valence-electron chi connectivity index (χ4n) is 3.69. The zero-order chi connectivity index (χ0) is 27.4. The Bertz CT molecular complexity index is 1370. The molecule has 0 radical (unpaired) electrons. The lowest BCUT2D eigenvalue weighted by atomic mass is 10.1. The first-order chi connectivity index (χ1) is 18.0. The van der Waals surface area contributed by atoms with Crippen molar-refractivity contribution in [3.8, 4) is 0 Å². The average Bonchev–Trinajstić information content (AvgIpc) is 3.09. The fourth-order valence-corrected chi connectivity index (χ4v) is 4.64. The summed E-state index contributed by atoms with van der Waals surface area (Å²) in [6, 6.07) is 19.6. The van der Waals surface area contributed by atoms with Gasteiger partial charge in [0, 0.05) is 28.4 Å². The predicted octanol–water partition coefficient (Wildman–Crippen LogP) is 6.40. The van der Waals surface area contributed by atoms with Gasteiger partial charge in [-0.2, -0.15) is 13.2 Å². The molecule has 6 nitrogen and oxygen atoms in total. The summed E-state index contributed by atoms with van der Waals surface area (Å²) < 4.78 is 38.3. The molecule has 3 aromatic rings. The number of halogens is 3. The molecule has 196 valence electrons. The van der Waals surface area contributed by atoms with Gasteiger partial charge in [-0.1, -0.05) is 43.8 Å². The second kappa shape index (κ2) is 11.1. The van der Waals surface area contributed by atoms with Crippen LogP contribution in [0, 0.1) is 5.92 Å². The zero-order valence-electron chi connectivity index (χ0n) is 20.5. The number of amides is 3. The maximum absolute atomic E-state index is 13.2. The minimum Gasteiger partial charge on any atom is -0.350 e. The van der Waals surface area contributed by atoms with E-state index in [4.69, 9.17) is 0 Å². The van der Waals surface area contributed by atoms with Crippen molar-refractivity contribution >= 4 is 40.9 Å². The molecule has 0 bridgehead atoms. The quantitative estimate of drug-likeness (QED) is 0.324. The number of nitrogens with one attached hydrogen (secondary N) is 2. The summed E-state index contributed by atoms with van der Waals surface area (Å²) in [6.07, 6.45) is -4.48. The van der Waals surface area contributed by atoms with Crippen LogP contribution in [0.4, 0.5) is 24.5 Å². The van der Waals surface area contributed by atoms with E-state index in [1.54, 1.807) is 36.4 Å². The highest BCUT2D eigenvalue weighted by atomic mass is 32.2. The number of carbonyl (C=O) groups is 3. The maximum Gasteiger partial charge on any atom is 0.416 e. The second-order valence-electron chi connectivity index (χ2n) is 8.97. The molecule has 0 atom stereocenters. The summed E-state index contributed by atoms with van der Waals surface area (Å²) in [7, 11) is 0. The van der Waals surface area contributed by atoms with Crippen molar-refractivity contribution in [2.24, 2.45) is 5.92 Å². The Balaban J connectivity index is 1.50. The molecular formula is C28H24F3N3O3S. The average molecular weight is 540 g/mol. The summed E-state index contributed by atoms with van der Waals surface area (Å²) in [6.45, 7) is 4.14. The molecule has 0 aliphatic carbocycles. The third-order valence-electron chi connectivity index (χ3n) is 5.52. The highest BCUT2D eigenvalue weighted by Gasteiger charge is 2.39. The molecule has 2 N–H and O–H groups in total. The highest BCUT2D eigenvalue weighted by molar-refractivity contribution is 8.04. The number of alkyl halides is 3. The fraction of sp³-hybridized carbons (Fsp3) is 0.179. The van der Waals surface area contributed by atoms with Gasteiger partial charge in [0.2, 0.25) is 0 Å². The van der Waals surface area contributed by atoms with Crippen molar-refractivity contribution in [1.82, 2.24) is 4.90 Å². The smallest absolute Gasteiger partial charge is 0.350 e. The number of nitrogens with zero attached hydrogens (tertiary/aromatic N) is 1. The van der Waals surface area contributed by atoms with Gasteiger partial charge >= 0.3 is 6.18 Å². The van der Waals surface area contributed by atoms with Crippen LogP contribution < -0.4 is 10.6 Å². The van der Waals surface area contributed by atoms with Gasteiger partial charge in [0.25, 0.3) is 17.7 Å². The topological polar surface area (TPSA) is 78.5 Å². The summed E-state index contributed by atoms with van der Waals surface area (Å²) in [5.74, 6) is -1.24. The standard InChI is InChI=1S/C28H24F3N3O3S/c1-17(2)16-34-26(36)23(32-20-6-4-3-5-7-20)24(27(34)37)38-22-14-12-21(13-15-22)33-25(35)18-8-10-19(11-9-18)28(29,30)31/h3-15,17,32H,16H2,1-2H3,(H,33,35). The van der Waals surface area contributed by atoms with Crippen LogP contribution in [0.3, 0.4) is 0 Å². The Morgan fingerprint density at radius 2 is 1.50 bits per heavy atom. The van der Waals surface area contributed by atoms with Crippen LogP contribution >= 0.6 is 11.8 Å². The molecule has 10 heteroatoms. The summed E-state index contributed by atoms with van der Waals surface area (Å²) in [5.41, 5.74) is 0.545.